The first-order chi connectivity index (χ1) is 9.10. The van der Waals surface area contributed by atoms with Crippen LogP contribution in [0.1, 0.15) is 17.2 Å². The molecule has 0 saturated carbocycles. The molecule has 1 atom stereocenters. The summed E-state index contributed by atoms with van der Waals surface area (Å²) < 4.78 is 15.7. The highest BCUT2D eigenvalue weighted by Gasteiger charge is 2.15. The summed E-state index contributed by atoms with van der Waals surface area (Å²) in [5.74, 6) is 5.28. The number of benzene rings is 2. The van der Waals surface area contributed by atoms with Crippen LogP contribution in [0.5, 0.6) is 0 Å². The fourth-order valence-electron chi connectivity index (χ4n) is 1.90. The zero-order valence-electron chi connectivity index (χ0n) is 10.0. The quantitative estimate of drug-likeness (QED) is 0.612. The van der Waals surface area contributed by atoms with Crippen LogP contribution in [0.3, 0.4) is 0 Å². The summed E-state index contributed by atoms with van der Waals surface area (Å²) in [5.41, 5.74) is 4.33. The number of hydrazine groups is 1. The molecule has 0 amide bonds. The van der Waals surface area contributed by atoms with Gasteiger partial charge in [-0.3, -0.25) is 11.3 Å². The molecule has 0 aliphatic carbocycles. The molecule has 19 heavy (non-hydrogen) atoms. The summed E-state index contributed by atoms with van der Waals surface area (Å²) >= 11 is 6.63. The Morgan fingerprint density at radius 1 is 1.05 bits per heavy atom. The molecule has 5 heteroatoms. The van der Waals surface area contributed by atoms with Gasteiger partial charge in [0.05, 0.1) is 6.04 Å². The maximum atomic E-state index is 13.9. The predicted octanol–water partition coefficient (Wildman–Crippen LogP) is 4.10. The van der Waals surface area contributed by atoms with Crippen LogP contribution >= 0.6 is 31.9 Å². The summed E-state index contributed by atoms with van der Waals surface area (Å²) in [7, 11) is 0. The lowest BCUT2D eigenvalue weighted by Crippen LogP contribution is -2.30. The van der Waals surface area contributed by atoms with Crippen LogP contribution in [0, 0.1) is 5.82 Å². The molecule has 2 nitrogen and oxygen atoms in total. The Labute approximate surface area is 128 Å². The minimum atomic E-state index is -0.269. The van der Waals surface area contributed by atoms with Gasteiger partial charge in [-0.15, -0.1) is 0 Å². The molecule has 0 spiro atoms. The fraction of sp³-hybridized carbons (Fsp3) is 0.143. The number of halogens is 3. The van der Waals surface area contributed by atoms with E-state index in [2.05, 4.69) is 37.3 Å². The molecule has 0 fully saturated rings. The van der Waals surface area contributed by atoms with Crippen LogP contribution in [-0.4, -0.2) is 0 Å². The first kappa shape index (κ1) is 14.7. The van der Waals surface area contributed by atoms with Gasteiger partial charge in [0, 0.05) is 14.5 Å². The fourth-order valence-corrected chi connectivity index (χ4v) is 2.50. The van der Waals surface area contributed by atoms with E-state index >= 15 is 0 Å². The van der Waals surface area contributed by atoms with Gasteiger partial charge in [-0.1, -0.05) is 50.1 Å². The van der Waals surface area contributed by atoms with Crippen molar-refractivity contribution < 1.29 is 4.39 Å². The summed E-state index contributed by atoms with van der Waals surface area (Å²) in [4.78, 5) is 0. The minimum Gasteiger partial charge on any atom is -0.271 e. The third-order valence-corrected chi connectivity index (χ3v) is 3.91. The van der Waals surface area contributed by atoms with Gasteiger partial charge in [0.25, 0.3) is 0 Å². The van der Waals surface area contributed by atoms with Crippen LogP contribution in [0.2, 0.25) is 0 Å². The second-order valence-electron chi connectivity index (χ2n) is 4.22. The van der Waals surface area contributed by atoms with Gasteiger partial charge < -0.3 is 0 Å². The van der Waals surface area contributed by atoms with Gasteiger partial charge in [0.15, 0.2) is 0 Å². The van der Waals surface area contributed by atoms with Crippen molar-refractivity contribution >= 4 is 31.9 Å². The maximum Gasteiger partial charge on any atom is 0.129 e. The van der Waals surface area contributed by atoms with E-state index in [0.717, 1.165) is 10.0 Å². The topological polar surface area (TPSA) is 38.0 Å². The molecule has 2 rings (SSSR count). The summed E-state index contributed by atoms with van der Waals surface area (Å²) in [6.07, 6.45) is 0.627. The average molecular weight is 388 g/mol. The Hall–Kier alpha value is -0.750. The summed E-state index contributed by atoms with van der Waals surface area (Å²) in [6, 6.07) is 12.6. The second kappa shape index (κ2) is 6.61. The Balaban J connectivity index is 2.22. The lowest BCUT2D eigenvalue weighted by atomic mass is 9.99. The highest BCUT2D eigenvalue weighted by atomic mass is 79.9. The smallest absolute Gasteiger partial charge is 0.129 e. The van der Waals surface area contributed by atoms with E-state index in [9.17, 15) is 4.39 Å². The monoisotopic (exact) mass is 386 g/mol. The molecule has 2 aromatic carbocycles. The normalized spacial score (nSPS) is 12.4. The van der Waals surface area contributed by atoms with E-state index in [-0.39, 0.29) is 11.9 Å². The van der Waals surface area contributed by atoms with Gasteiger partial charge in [0.1, 0.15) is 5.82 Å². The summed E-state index contributed by atoms with van der Waals surface area (Å²) in [5, 5.41) is 0. The maximum absolute atomic E-state index is 13.9. The third kappa shape index (κ3) is 3.86. The van der Waals surface area contributed by atoms with Crippen LogP contribution < -0.4 is 11.3 Å². The molecule has 0 radical (unpaired) electrons. The van der Waals surface area contributed by atoms with Crippen molar-refractivity contribution in [2.24, 2.45) is 5.84 Å². The SMILES string of the molecule is NNC(Cc1ccc(Br)cc1)c1ccc(Br)cc1F. The van der Waals surface area contributed by atoms with Crippen LogP contribution in [0.15, 0.2) is 51.4 Å². The summed E-state index contributed by atoms with van der Waals surface area (Å²) in [6.45, 7) is 0. The first-order valence-corrected chi connectivity index (χ1v) is 7.34. The predicted molar refractivity (Wildman–Crippen MR) is 82.0 cm³/mol. The number of rotatable bonds is 4. The molecule has 0 heterocycles. The average Bonchev–Trinajstić information content (AvgIpc) is 2.39. The molecule has 3 N–H and O–H groups in total. The van der Waals surface area contributed by atoms with Crippen molar-refractivity contribution in [1.29, 1.82) is 0 Å². The van der Waals surface area contributed by atoms with Crippen LogP contribution in [0.4, 0.5) is 4.39 Å². The lowest BCUT2D eigenvalue weighted by Gasteiger charge is -2.17. The van der Waals surface area contributed by atoms with Gasteiger partial charge in [-0.25, -0.2) is 4.39 Å². The van der Waals surface area contributed by atoms with Crippen molar-refractivity contribution in [1.82, 2.24) is 5.43 Å². The van der Waals surface area contributed by atoms with E-state index in [1.165, 1.54) is 6.07 Å². The Kier molecular flexibility index (Phi) is 5.10. The second-order valence-corrected chi connectivity index (χ2v) is 6.05. The Morgan fingerprint density at radius 3 is 2.26 bits per heavy atom. The Bertz CT molecular complexity index is 558. The zero-order valence-corrected chi connectivity index (χ0v) is 13.2. The molecule has 0 aliphatic rings. The van der Waals surface area contributed by atoms with Gasteiger partial charge in [-0.2, -0.15) is 0 Å². The van der Waals surface area contributed by atoms with Gasteiger partial charge >= 0.3 is 0 Å². The molecular weight excluding hydrogens is 375 g/mol. The van der Waals surface area contributed by atoms with E-state index in [1.54, 1.807) is 6.07 Å². The zero-order chi connectivity index (χ0) is 13.8. The van der Waals surface area contributed by atoms with Crippen LogP contribution in [0.25, 0.3) is 0 Å². The van der Waals surface area contributed by atoms with Crippen molar-refractivity contribution in [3.05, 3.63) is 68.4 Å². The molecule has 0 aromatic heterocycles. The first-order valence-electron chi connectivity index (χ1n) is 5.75. The third-order valence-electron chi connectivity index (χ3n) is 2.89. The van der Waals surface area contributed by atoms with E-state index in [1.807, 2.05) is 30.3 Å². The number of hydrogen-bond acceptors (Lipinski definition) is 2. The van der Waals surface area contributed by atoms with Crippen molar-refractivity contribution in [2.45, 2.75) is 12.5 Å². The molecular formula is C14H13Br2FN2. The highest BCUT2D eigenvalue weighted by molar-refractivity contribution is 9.10. The highest BCUT2D eigenvalue weighted by Crippen LogP contribution is 2.24. The molecule has 2 aromatic rings. The van der Waals surface area contributed by atoms with Crippen molar-refractivity contribution in [2.75, 3.05) is 0 Å². The van der Waals surface area contributed by atoms with E-state index in [0.29, 0.717) is 16.5 Å². The van der Waals surface area contributed by atoms with Gasteiger partial charge in [-0.05, 0) is 36.2 Å². The molecule has 100 valence electrons. The number of nitrogens with two attached hydrogens (primary N) is 1. The van der Waals surface area contributed by atoms with Crippen molar-refractivity contribution in [3.8, 4) is 0 Å². The van der Waals surface area contributed by atoms with E-state index < -0.39 is 0 Å². The number of hydrogen-bond donors (Lipinski definition) is 2. The molecule has 0 bridgehead atoms. The Morgan fingerprint density at radius 2 is 1.68 bits per heavy atom. The molecule has 1 unspecified atom stereocenters. The van der Waals surface area contributed by atoms with Crippen molar-refractivity contribution in [3.63, 3.8) is 0 Å². The van der Waals surface area contributed by atoms with Crippen LogP contribution in [-0.2, 0) is 6.42 Å². The molecule has 0 aliphatic heterocycles. The largest absolute Gasteiger partial charge is 0.271 e. The standard InChI is InChI=1S/C14H13Br2FN2/c15-10-3-1-9(2-4-10)7-14(19-18)12-6-5-11(16)8-13(12)17/h1-6,8,14,19H,7,18H2. The lowest BCUT2D eigenvalue weighted by molar-refractivity contribution is 0.510. The van der Waals surface area contributed by atoms with E-state index in [4.69, 9.17) is 5.84 Å². The number of nitrogens with one attached hydrogen (secondary N) is 1. The molecule has 0 saturated heterocycles. The minimum absolute atomic E-state index is 0.255. The van der Waals surface area contributed by atoms with Gasteiger partial charge in [0.2, 0.25) is 0 Å².